The Balaban J connectivity index is 1.71. The van der Waals surface area contributed by atoms with E-state index >= 15 is 0 Å². The van der Waals surface area contributed by atoms with Gasteiger partial charge in [0.05, 0.1) is 26.2 Å². The van der Waals surface area contributed by atoms with E-state index in [4.69, 9.17) is 14.2 Å². The molecule has 2 aliphatic heterocycles. The fourth-order valence-electron chi connectivity index (χ4n) is 5.41. The molecule has 10 nitrogen and oxygen atoms in total. The Morgan fingerprint density at radius 3 is 2.33 bits per heavy atom. The number of fused-ring (bicyclic) bond motifs is 1. The molecule has 42 heavy (non-hydrogen) atoms. The van der Waals surface area contributed by atoms with E-state index in [1.165, 1.54) is 4.90 Å². The van der Waals surface area contributed by atoms with Gasteiger partial charge in [-0.25, -0.2) is 4.79 Å². The fraction of sp³-hybridized carbons (Fsp3) is 0.438. The minimum absolute atomic E-state index is 0.0693. The van der Waals surface area contributed by atoms with Crippen LogP contribution in [0.5, 0.6) is 5.75 Å². The Morgan fingerprint density at radius 2 is 1.71 bits per heavy atom. The van der Waals surface area contributed by atoms with Gasteiger partial charge in [0.15, 0.2) is 0 Å². The molecule has 0 saturated carbocycles. The molecular formula is C32H39N3O7. The second-order valence-electron chi connectivity index (χ2n) is 11.4. The molecule has 1 fully saturated rings. The number of rotatable bonds is 9. The van der Waals surface area contributed by atoms with Crippen molar-refractivity contribution in [2.75, 3.05) is 26.8 Å². The van der Waals surface area contributed by atoms with Crippen LogP contribution >= 0.6 is 0 Å². The molecule has 0 unspecified atom stereocenters. The van der Waals surface area contributed by atoms with E-state index in [-0.39, 0.29) is 51.0 Å². The van der Waals surface area contributed by atoms with Crippen molar-refractivity contribution in [3.63, 3.8) is 0 Å². The van der Waals surface area contributed by atoms with Crippen LogP contribution in [0.1, 0.15) is 45.2 Å². The van der Waals surface area contributed by atoms with Gasteiger partial charge in [0, 0.05) is 31.8 Å². The lowest BCUT2D eigenvalue weighted by Crippen LogP contribution is -2.54. The number of nitrogens with zero attached hydrogens (tertiary/aromatic N) is 2. The van der Waals surface area contributed by atoms with E-state index in [0.717, 1.165) is 11.1 Å². The average Bonchev–Trinajstić information content (AvgIpc) is 3.19. The predicted octanol–water partition coefficient (Wildman–Crippen LogP) is 4.04. The number of hydrogen-bond donors (Lipinski definition) is 1. The van der Waals surface area contributed by atoms with Crippen LogP contribution in [0.2, 0.25) is 0 Å². The molecule has 3 amide bonds. The number of hydrogen-bond acceptors (Lipinski definition) is 7. The largest absolute Gasteiger partial charge is 0.497 e. The minimum atomic E-state index is -1.58. The van der Waals surface area contributed by atoms with Crippen molar-refractivity contribution < 1.29 is 33.4 Å². The van der Waals surface area contributed by atoms with Gasteiger partial charge in [-0.1, -0.05) is 42.5 Å². The Hall–Kier alpha value is -4.34. The average molecular weight is 578 g/mol. The molecule has 0 aromatic heterocycles. The third-order valence-electron chi connectivity index (χ3n) is 7.37. The van der Waals surface area contributed by atoms with Crippen molar-refractivity contribution in [3.05, 3.63) is 77.5 Å². The first-order chi connectivity index (χ1) is 20.0. The number of esters is 1. The van der Waals surface area contributed by atoms with E-state index in [1.54, 1.807) is 57.9 Å². The van der Waals surface area contributed by atoms with E-state index in [0.29, 0.717) is 11.4 Å². The summed E-state index contributed by atoms with van der Waals surface area (Å²) in [5.74, 6) is -1.85. The summed E-state index contributed by atoms with van der Waals surface area (Å²) in [5.41, 5.74) is -0.201. The van der Waals surface area contributed by atoms with Crippen LogP contribution < -0.4 is 10.1 Å². The van der Waals surface area contributed by atoms with Gasteiger partial charge in [-0.15, -0.1) is 0 Å². The van der Waals surface area contributed by atoms with E-state index in [2.05, 4.69) is 5.32 Å². The van der Waals surface area contributed by atoms with E-state index in [1.807, 2.05) is 42.5 Å². The molecule has 10 heteroatoms. The highest BCUT2D eigenvalue weighted by Gasteiger charge is 2.64. The van der Waals surface area contributed by atoms with Gasteiger partial charge in [-0.2, -0.15) is 0 Å². The maximum atomic E-state index is 14.2. The summed E-state index contributed by atoms with van der Waals surface area (Å²) < 4.78 is 16.4. The van der Waals surface area contributed by atoms with Crippen molar-refractivity contribution >= 4 is 23.9 Å². The Morgan fingerprint density at radius 1 is 1.02 bits per heavy atom. The first-order valence-corrected chi connectivity index (χ1v) is 14.1. The molecule has 2 atom stereocenters. The monoisotopic (exact) mass is 577 g/mol. The van der Waals surface area contributed by atoms with Crippen LogP contribution in [0.4, 0.5) is 4.79 Å². The van der Waals surface area contributed by atoms with Crippen LogP contribution in [0.15, 0.2) is 66.4 Å². The number of carbonyl (C=O) groups is 4. The zero-order valence-corrected chi connectivity index (χ0v) is 24.8. The van der Waals surface area contributed by atoms with Crippen molar-refractivity contribution in [2.24, 2.45) is 11.3 Å². The molecule has 0 bridgehead atoms. The molecule has 2 aliphatic rings. The van der Waals surface area contributed by atoms with E-state index < -0.39 is 29.0 Å². The molecule has 2 aromatic carbocycles. The number of benzene rings is 2. The Bertz CT molecular complexity index is 1330. The highest BCUT2D eigenvalue weighted by Crippen LogP contribution is 2.51. The number of carbonyl (C=O) groups excluding carboxylic acids is 4. The Kier molecular flexibility index (Phi) is 9.23. The molecule has 2 aromatic rings. The minimum Gasteiger partial charge on any atom is -0.497 e. The zero-order chi connectivity index (χ0) is 30.5. The van der Waals surface area contributed by atoms with Gasteiger partial charge >= 0.3 is 12.1 Å². The van der Waals surface area contributed by atoms with Gasteiger partial charge in [-0.3, -0.25) is 14.4 Å². The molecule has 1 N–H and O–H groups in total. The van der Waals surface area contributed by atoms with Crippen LogP contribution in [0.3, 0.4) is 0 Å². The fourth-order valence-corrected chi connectivity index (χ4v) is 5.41. The van der Waals surface area contributed by atoms with Gasteiger partial charge in [0.2, 0.25) is 11.8 Å². The predicted molar refractivity (Wildman–Crippen MR) is 155 cm³/mol. The van der Waals surface area contributed by atoms with Crippen LogP contribution in [0.25, 0.3) is 0 Å². The topological polar surface area (TPSA) is 114 Å². The summed E-state index contributed by atoms with van der Waals surface area (Å²) in [6.07, 6.45) is 0.825. The van der Waals surface area contributed by atoms with Gasteiger partial charge in [-0.05, 0) is 57.0 Å². The second-order valence-corrected chi connectivity index (χ2v) is 11.4. The highest BCUT2D eigenvalue weighted by atomic mass is 16.6. The third kappa shape index (κ3) is 6.58. The smallest absolute Gasteiger partial charge is 0.410 e. The van der Waals surface area contributed by atoms with Gasteiger partial charge in [0.1, 0.15) is 16.8 Å². The molecule has 0 spiro atoms. The summed E-state index contributed by atoms with van der Waals surface area (Å²) >= 11 is 0. The molecule has 2 heterocycles. The van der Waals surface area contributed by atoms with Crippen molar-refractivity contribution in [1.82, 2.24) is 15.1 Å². The van der Waals surface area contributed by atoms with Gasteiger partial charge in [0.25, 0.3) is 0 Å². The Labute approximate surface area is 246 Å². The first kappa shape index (κ1) is 30.6. The normalized spacial score (nSPS) is 20.0. The molecule has 224 valence electrons. The number of nitrogens with one attached hydrogen (secondary N) is 1. The molecule has 4 rings (SSSR count). The number of amides is 3. The summed E-state index contributed by atoms with van der Waals surface area (Å²) in [4.78, 5) is 57.4. The number of methoxy groups -OCH3 is 1. The van der Waals surface area contributed by atoms with Crippen LogP contribution in [0, 0.1) is 11.3 Å². The molecular weight excluding hydrogens is 538 g/mol. The molecule has 1 saturated heterocycles. The van der Waals surface area contributed by atoms with Crippen molar-refractivity contribution in [1.29, 1.82) is 0 Å². The zero-order valence-electron chi connectivity index (χ0n) is 24.8. The third-order valence-corrected chi connectivity index (χ3v) is 7.37. The summed E-state index contributed by atoms with van der Waals surface area (Å²) in [5, 5.41) is 2.87. The van der Waals surface area contributed by atoms with Gasteiger partial charge < -0.3 is 29.3 Å². The van der Waals surface area contributed by atoms with Crippen molar-refractivity contribution in [2.45, 2.75) is 52.8 Å². The first-order valence-electron chi connectivity index (χ1n) is 14.1. The standard InChI is InChI=1S/C32H39N3O7/c1-6-41-29(38)32-21-34(30(39)42-31(2,3)4)17-16-26(32)35(20-23-12-14-24(40-5)15-13-23)28(37)25(32)18-27(36)33-19-22-10-8-7-9-11-22/h7-16,25H,6,17-21H2,1-5H3,(H,33,36)/t25-,32-/m1/s1. The SMILES string of the molecule is CCOC(=O)[C@@]12CN(C(=O)OC(C)(C)C)CC=C1N(Cc1ccc(OC)cc1)C(=O)[C@H]2CC(=O)NCc1ccccc1. The maximum absolute atomic E-state index is 14.2. The lowest BCUT2D eigenvalue weighted by atomic mass is 9.71. The lowest BCUT2D eigenvalue weighted by Gasteiger charge is -2.40. The molecule has 0 radical (unpaired) electrons. The quantitative estimate of drug-likeness (QED) is 0.448. The van der Waals surface area contributed by atoms with Crippen LogP contribution in [-0.4, -0.2) is 66.1 Å². The maximum Gasteiger partial charge on any atom is 0.410 e. The lowest BCUT2D eigenvalue weighted by molar-refractivity contribution is -0.158. The highest BCUT2D eigenvalue weighted by molar-refractivity contribution is 5.99. The number of ether oxygens (including phenoxy) is 3. The van der Waals surface area contributed by atoms with E-state index in [9.17, 15) is 19.2 Å². The summed E-state index contributed by atoms with van der Waals surface area (Å²) in [6.45, 7) is 7.44. The van der Waals surface area contributed by atoms with Crippen LogP contribution in [-0.2, 0) is 36.9 Å². The van der Waals surface area contributed by atoms with Crippen molar-refractivity contribution in [3.8, 4) is 5.75 Å². The number of likely N-dealkylation sites (tertiary alicyclic amines) is 1. The second kappa shape index (κ2) is 12.7. The molecule has 0 aliphatic carbocycles. The summed E-state index contributed by atoms with van der Waals surface area (Å²) in [7, 11) is 1.57. The summed E-state index contributed by atoms with van der Waals surface area (Å²) in [6, 6.07) is 16.7.